The maximum atomic E-state index is 11.5. The second kappa shape index (κ2) is 7.41. The SMILES string of the molecule is COCC(Br)CNC(=O)Cc1ccccc1. The lowest BCUT2D eigenvalue weighted by Crippen LogP contribution is -2.32. The molecular formula is C12H16BrNO2. The van der Waals surface area contributed by atoms with Crippen LogP contribution in [-0.2, 0) is 16.0 Å². The molecule has 0 heterocycles. The van der Waals surface area contributed by atoms with E-state index >= 15 is 0 Å². The van der Waals surface area contributed by atoms with Gasteiger partial charge in [-0.15, -0.1) is 0 Å². The molecule has 3 nitrogen and oxygen atoms in total. The van der Waals surface area contributed by atoms with E-state index in [1.54, 1.807) is 7.11 Å². The minimum atomic E-state index is 0.0340. The summed E-state index contributed by atoms with van der Waals surface area (Å²) in [6, 6.07) is 9.69. The Hall–Kier alpha value is -0.870. The first kappa shape index (κ1) is 13.2. The second-order valence-corrected chi connectivity index (χ2v) is 4.81. The van der Waals surface area contributed by atoms with Crippen LogP contribution in [0.25, 0.3) is 0 Å². The monoisotopic (exact) mass is 285 g/mol. The number of alkyl halides is 1. The second-order valence-electron chi connectivity index (χ2n) is 3.52. The Morgan fingerprint density at radius 3 is 2.75 bits per heavy atom. The highest BCUT2D eigenvalue weighted by molar-refractivity contribution is 9.09. The fourth-order valence-corrected chi connectivity index (χ4v) is 1.73. The van der Waals surface area contributed by atoms with Gasteiger partial charge in [-0.1, -0.05) is 46.3 Å². The van der Waals surface area contributed by atoms with Gasteiger partial charge in [0.25, 0.3) is 0 Å². The molecule has 16 heavy (non-hydrogen) atoms. The van der Waals surface area contributed by atoms with E-state index in [1.807, 2.05) is 30.3 Å². The van der Waals surface area contributed by atoms with Gasteiger partial charge in [0.15, 0.2) is 0 Å². The predicted octanol–water partition coefficient (Wildman–Crippen LogP) is 1.76. The Balaban J connectivity index is 2.26. The third-order valence-electron chi connectivity index (χ3n) is 2.08. The van der Waals surface area contributed by atoms with Crippen LogP contribution < -0.4 is 5.32 Å². The van der Waals surface area contributed by atoms with Crippen molar-refractivity contribution >= 4 is 21.8 Å². The van der Waals surface area contributed by atoms with Gasteiger partial charge in [0.2, 0.25) is 5.91 Å². The quantitative estimate of drug-likeness (QED) is 0.809. The molecule has 0 aliphatic carbocycles. The number of carbonyl (C=O) groups excluding carboxylic acids is 1. The molecule has 0 aliphatic rings. The molecule has 1 aromatic rings. The minimum Gasteiger partial charge on any atom is -0.383 e. The Kier molecular flexibility index (Phi) is 6.11. The van der Waals surface area contributed by atoms with Gasteiger partial charge in [-0.3, -0.25) is 4.79 Å². The van der Waals surface area contributed by atoms with E-state index in [0.717, 1.165) is 5.56 Å². The molecule has 1 atom stereocenters. The molecule has 0 radical (unpaired) electrons. The van der Waals surface area contributed by atoms with Gasteiger partial charge in [0.05, 0.1) is 17.9 Å². The third-order valence-corrected chi connectivity index (χ3v) is 2.66. The van der Waals surface area contributed by atoms with Gasteiger partial charge in [0, 0.05) is 13.7 Å². The molecule has 0 spiro atoms. The number of nitrogens with one attached hydrogen (secondary N) is 1. The molecular weight excluding hydrogens is 270 g/mol. The molecule has 1 unspecified atom stereocenters. The molecule has 0 fully saturated rings. The first-order valence-electron chi connectivity index (χ1n) is 5.16. The number of amides is 1. The maximum Gasteiger partial charge on any atom is 0.224 e. The number of ether oxygens (including phenoxy) is 1. The van der Waals surface area contributed by atoms with Gasteiger partial charge >= 0.3 is 0 Å². The van der Waals surface area contributed by atoms with Crippen LogP contribution in [0.5, 0.6) is 0 Å². The standard InChI is InChI=1S/C12H16BrNO2/c1-16-9-11(13)8-14-12(15)7-10-5-3-2-4-6-10/h2-6,11H,7-9H2,1H3,(H,14,15). The summed E-state index contributed by atoms with van der Waals surface area (Å²) >= 11 is 3.41. The van der Waals surface area contributed by atoms with E-state index in [9.17, 15) is 4.79 Å². The molecule has 1 aromatic carbocycles. The van der Waals surface area contributed by atoms with Crippen molar-refractivity contribution in [1.29, 1.82) is 0 Å². The average Bonchev–Trinajstić information content (AvgIpc) is 2.28. The largest absolute Gasteiger partial charge is 0.383 e. The minimum absolute atomic E-state index is 0.0340. The maximum absolute atomic E-state index is 11.5. The lowest BCUT2D eigenvalue weighted by molar-refractivity contribution is -0.120. The van der Waals surface area contributed by atoms with Crippen LogP contribution in [0.2, 0.25) is 0 Å². The van der Waals surface area contributed by atoms with Crippen LogP contribution in [0.4, 0.5) is 0 Å². The van der Waals surface area contributed by atoms with E-state index in [2.05, 4.69) is 21.2 Å². The molecule has 0 saturated heterocycles. The summed E-state index contributed by atoms with van der Waals surface area (Å²) in [7, 11) is 1.64. The van der Waals surface area contributed by atoms with Crippen molar-refractivity contribution in [2.24, 2.45) is 0 Å². The predicted molar refractivity (Wildman–Crippen MR) is 67.7 cm³/mol. The molecule has 1 rings (SSSR count). The Morgan fingerprint density at radius 2 is 2.12 bits per heavy atom. The average molecular weight is 286 g/mol. The van der Waals surface area contributed by atoms with Gasteiger partial charge in [-0.2, -0.15) is 0 Å². The molecule has 1 N–H and O–H groups in total. The summed E-state index contributed by atoms with van der Waals surface area (Å²) < 4.78 is 4.96. The molecule has 0 aromatic heterocycles. The van der Waals surface area contributed by atoms with Gasteiger partial charge in [-0.05, 0) is 5.56 Å². The number of hydrogen-bond donors (Lipinski definition) is 1. The normalized spacial score (nSPS) is 12.1. The van der Waals surface area contributed by atoms with E-state index < -0.39 is 0 Å². The van der Waals surface area contributed by atoms with Crippen molar-refractivity contribution in [1.82, 2.24) is 5.32 Å². The fourth-order valence-electron chi connectivity index (χ4n) is 1.31. The summed E-state index contributed by atoms with van der Waals surface area (Å²) in [4.78, 5) is 11.7. The van der Waals surface area contributed by atoms with Crippen molar-refractivity contribution in [3.8, 4) is 0 Å². The van der Waals surface area contributed by atoms with E-state index in [-0.39, 0.29) is 10.7 Å². The first-order valence-corrected chi connectivity index (χ1v) is 6.07. The zero-order valence-electron chi connectivity index (χ0n) is 9.28. The summed E-state index contributed by atoms with van der Waals surface area (Å²) in [5.74, 6) is 0.0340. The summed E-state index contributed by atoms with van der Waals surface area (Å²) in [5.41, 5.74) is 1.03. The van der Waals surface area contributed by atoms with Crippen LogP contribution in [0.1, 0.15) is 5.56 Å². The number of methoxy groups -OCH3 is 1. The van der Waals surface area contributed by atoms with Crippen molar-refractivity contribution in [2.45, 2.75) is 11.2 Å². The van der Waals surface area contributed by atoms with Crippen molar-refractivity contribution < 1.29 is 9.53 Å². The van der Waals surface area contributed by atoms with Gasteiger partial charge in [-0.25, -0.2) is 0 Å². The molecule has 4 heteroatoms. The molecule has 0 saturated carbocycles. The summed E-state index contributed by atoms with van der Waals surface area (Å²) in [6.07, 6.45) is 0.424. The number of carbonyl (C=O) groups is 1. The lowest BCUT2D eigenvalue weighted by atomic mass is 10.1. The number of halogens is 1. The van der Waals surface area contributed by atoms with E-state index in [4.69, 9.17) is 4.74 Å². The Morgan fingerprint density at radius 1 is 1.44 bits per heavy atom. The molecule has 88 valence electrons. The molecule has 0 bridgehead atoms. The fraction of sp³-hybridized carbons (Fsp3) is 0.417. The van der Waals surface area contributed by atoms with Crippen molar-refractivity contribution in [3.63, 3.8) is 0 Å². The smallest absolute Gasteiger partial charge is 0.224 e. The van der Waals surface area contributed by atoms with Crippen LogP contribution >= 0.6 is 15.9 Å². The van der Waals surface area contributed by atoms with Crippen LogP contribution in [0, 0.1) is 0 Å². The third kappa shape index (κ3) is 5.28. The highest BCUT2D eigenvalue weighted by atomic mass is 79.9. The van der Waals surface area contributed by atoms with Crippen LogP contribution in [-0.4, -0.2) is 31.0 Å². The van der Waals surface area contributed by atoms with E-state index in [1.165, 1.54) is 0 Å². The Labute approximate surface area is 104 Å². The summed E-state index contributed by atoms with van der Waals surface area (Å²) in [5, 5.41) is 2.85. The topological polar surface area (TPSA) is 38.3 Å². The molecule has 1 amide bonds. The van der Waals surface area contributed by atoms with Crippen molar-refractivity contribution in [2.75, 3.05) is 20.3 Å². The van der Waals surface area contributed by atoms with Crippen LogP contribution in [0.15, 0.2) is 30.3 Å². The van der Waals surface area contributed by atoms with E-state index in [0.29, 0.717) is 19.6 Å². The molecule has 0 aliphatic heterocycles. The van der Waals surface area contributed by atoms with Gasteiger partial charge in [0.1, 0.15) is 0 Å². The number of benzene rings is 1. The zero-order valence-corrected chi connectivity index (χ0v) is 10.9. The zero-order chi connectivity index (χ0) is 11.8. The highest BCUT2D eigenvalue weighted by Gasteiger charge is 2.06. The Bertz CT molecular complexity index is 316. The lowest BCUT2D eigenvalue weighted by Gasteiger charge is -2.10. The highest BCUT2D eigenvalue weighted by Crippen LogP contribution is 2.00. The van der Waals surface area contributed by atoms with Crippen LogP contribution in [0.3, 0.4) is 0 Å². The summed E-state index contributed by atoms with van der Waals surface area (Å²) in [6.45, 7) is 1.17. The number of rotatable bonds is 6. The first-order chi connectivity index (χ1) is 7.72. The van der Waals surface area contributed by atoms with Gasteiger partial charge < -0.3 is 10.1 Å². The van der Waals surface area contributed by atoms with Crippen molar-refractivity contribution in [3.05, 3.63) is 35.9 Å². The number of hydrogen-bond acceptors (Lipinski definition) is 2.